The Kier molecular flexibility index (Phi) is 5.74. The molecule has 2 amide bonds. The third-order valence-electron chi connectivity index (χ3n) is 4.02. The van der Waals surface area contributed by atoms with Crippen LogP contribution in [0.2, 0.25) is 0 Å². The molecule has 0 bridgehead atoms. The van der Waals surface area contributed by atoms with E-state index in [1.165, 1.54) is 0 Å². The van der Waals surface area contributed by atoms with Gasteiger partial charge in [0, 0.05) is 28.5 Å². The van der Waals surface area contributed by atoms with Gasteiger partial charge in [-0.25, -0.2) is 0 Å². The molecule has 1 aliphatic rings. The normalized spacial score (nSPS) is 11.4. The van der Waals surface area contributed by atoms with Crippen LogP contribution in [0.25, 0.3) is 5.57 Å². The van der Waals surface area contributed by atoms with E-state index in [1.807, 2.05) is 48.5 Å². The highest BCUT2D eigenvalue weighted by molar-refractivity contribution is 7.99. The summed E-state index contributed by atoms with van der Waals surface area (Å²) in [7, 11) is 0. The van der Waals surface area contributed by atoms with E-state index in [0.717, 1.165) is 27.0 Å². The van der Waals surface area contributed by atoms with Gasteiger partial charge in [-0.15, -0.1) is 0 Å². The van der Waals surface area contributed by atoms with Gasteiger partial charge in [0.1, 0.15) is 11.6 Å². The number of benzene rings is 2. The quantitative estimate of drug-likeness (QED) is 0.408. The Balaban J connectivity index is 1.94. The zero-order chi connectivity index (χ0) is 19.2. The number of nitrogens with one attached hydrogen (secondary N) is 2. The number of carbonyl (C=O) groups is 2. The molecule has 3 rings (SSSR count). The SMILES string of the molecule is C=CC(=O)NCCNC(=O)C(C#N)=C1c2ccccc2Sc2ccccc21. The summed E-state index contributed by atoms with van der Waals surface area (Å²) in [6.07, 6.45) is 1.16. The molecule has 0 fully saturated rings. The lowest BCUT2D eigenvalue weighted by Crippen LogP contribution is -2.34. The molecule has 134 valence electrons. The standard InChI is InChI=1S/C21H17N3O2S/c1-2-19(25)23-11-12-24-21(26)16(13-22)20-14-7-3-5-9-17(14)27-18-10-6-4-8-15(18)20/h2-10H,1,11-12H2,(H,23,25)(H,24,26). The maximum Gasteiger partial charge on any atom is 0.262 e. The van der Waals surface area contributed by atoms with Crippen molar-refractivity contribution in [2.75, 3.05) is 13.1 Å². The molecule has 0 aliphatic carbocycles. The smallest absolute Gasteiger partial charge is 0.262 e. The number of hydrogen-bond acceptors (Lipinski definition) is 4. The minimum Gasteiger partial charge on any atom is -0.351 e. The van der Waals surface area contributed by atoms with Crippen molar-refractivity contribution in [2.45, 2.75) is 9.79 Å². The highest BCUT2D eigenvalue weighted by Gasteiger charge is 2.26. The van der Waals surface area contributed by atoms with E-state index < -0.39 is 5.91 Å². The van der Waals surface area contributed by atoms with Crippen LogP contribution in [-0.2, 0) is 9.59 Å². The number of hydrogen-bond donors (Lipinski definition) is 2. The van der Waals surface area contributed by atoms with E-state index in [4.69, 9.17) is 0 Å². The molecule has 1 aliphatic heterocycles. The molecule has 0 unspecified atom stereocenters. The fourth-order valence-electron chi connectivity index (χ4n) is 2.80. The third kappa shape index (κ3) is 3.94. The first-order valence-electron chi connectivity index (χ1n) is 8.35. The fraction of sp³-hybridized carbons (Fsp3) is 0.0952. The fourth-order valence-corrected chi connectivity index (χ4v) is 3.89. The van der Waals surface area contributed by atoms with Gasteiger partial charge in [0.25, 0.3) is 5.91 Å². The largest absolute Gasteiger partial charge is 0.351 e. The van der Waals surface area contributed by atoms with Crippen molar-refractivity contribution in [3.63, 3.8) is 0 Å². The van der Waals surface area contributed by atoms with Crippen molar-refractivity contribution in [3.8, 4) is 6.07 Å². The number of amides is 2. The van der Waals surface area contributed by atoms with Gasteiger partial charge in [0.2, 0.25) is 5.91 Å². The average molecular weight is 375 g/mol. The van der Waals surface area contributed by atoms with Crippen LogP contribution in [0.15, 0.2) is 76.5 Å². The monoisotopic (exact) mass is 375 g/mol. The van der Waals surface area contributed by atoms with Crippen LogP contribution in [-0.4, -0.2) is 24.9 Å². The minimum absolute atomic E-state index is 0.0604. The molecule has 1 heterocycles. The molecule has 0 aromatic heterocycles. The van der Waals surface area contributed by atoms with E-state index in [1.54, 1.807) is 11.8 Å². The molecule has 27 heavy (non-hydrogen) atoms. The first-order chi connectivity index (χ1) is 13.2. The van der Waals surface area contributed by atoms with Crippen LogP contribution in [0.3, 0.4) is 0 Å². The lowest BCUT2D eigenvalue weighted by Gasteiger charge is -2.22. The van der Waals surface area contributed by atoms with Gasteiger partial charge in [-0.1, -0.05) is 54.7 Å². The zero-order valence-electron chi connectivity index (χ0n) is 14.5. The Labute approximate surface area is 161 Å². The third-order valence-corrected chi connectivity index (χ3v) is 5.17. The predicted octanol–water partition coefficient (Wildman–Crippen LogP) is 2.90. The topological polar surface area (TPSA) is 82.0 Å². The highest BCUT2D eigenvalue weighted by atomic mass is 32.2. The molecule has 6 heteroatoms. The van der Waals surface area contributed by atoms with Crippen LogP contribution in [0.1, 0.15) is 11.1 Å². The summed E-state index contributed by atoms with van der Waals surface area (Å²) in [5.41, 5.74) is 2.43. The van der Waals surface area contributed by atoms with Gasteiger partial charge in [-0.2, -0.15) is 5.26 Å². The molecule has 2 aromatic rings. The Morgan fingerprint density at radius 2 is 1.56 bits per heavy atom. The first kappa shape index (κ1) is 18.5. The first-order valence-corrected chi connectivity index (χ1v) is 9.17. The molecule has 2 aromatic carbocycles. The number of rotatable bonds is 5. The molecular formula is C21H17N3O2S. The van der Waals surface area contributed by atoms with Gasteiger partial charge < -0.3 is 10.6 Å². The van der Waals surface area contributed by atoms with Crippen molar-refractivity contribution in [2.24, 2.45) is 0 Å². The van der Waals surface area contributed by atoms with Crippen molar-refractivity contribution in [3.05, 3.63) is 77.9 Å². The van der Waals surface area contributed by atoms with E-state index in [-0.39, 0.29) is 24.6 Å². The van der Waals surface area contributed by atoms with Crippen molar-refractivity contribution < 1.29 is 9.59 Å². The molecule has 0 radical (unpaired) electrons. The van der Waals surface area contributed by atoms with Crippen LogP contribution < -0.4 is 10.6 Å². The number of nitriles is 1. The molecule has 0 atom stereocenters. The average Bonchev–Trinajstić information content (AvgIpc) is 2.71. The van der Waals surface area contributed by atoms with Gasteiger partial charge in [0.15, 0.2) is 0 Å². The summed E-state index contributed by atoms with van der Waals surface area (Å²) in [4.78, 5) is 25.8. The summed E-state index contributed by atoms with van der Waals surface area (Å²) in [6, 6.07) is 17.5. The summed E-state index contributed by atoms with van der Waals surface area (Å²) in [5, 5.41) is 15.0. The molecular weight excluding hydrogens is 358 g/mol. The van der Waals surface area contributed by atoms with Gasteiger partial charge in [-0.05, 0) is 29.3 Å². The molecule has 5 nitrogen and oxygen atoms in total. The van der Waals surface area contributed by atoms with E-state index in [9.17, 15) is 14.9 Å². The summed E-state index contributed by atoms with van der Waals surface area (Å²) in [5.74, 6) is -0.771. The lowest BCUT2D eigenvalue weighted by atomic mass is 9.92. The summed E-state index contributed by atoms with van der Waals surface area (Å²) < 4.78 is 0. The van der Waals surface area contributed by atoms with Crippen LogP contribution in [0.4, 0.5) is 0 Å². The van der Waals surface area contributed by atoms with Crippen molar-refractivity contribution in [1.82, 2.24) is 10.6 Å². The van der Waals surface area contributed by atoms with Crippen molar-refractivity contribution in [1.29, 1.82) is 5.26 Å². The lowest BCUT2D eigenvalue weighted by molar-refractivity contribution is -0.118. The van der Waals surface area contributed by atoms with Gasteiger partial charge in [0.05, 0.1) is 0 Å². The maximum absolute atomic E-state index is 12.7. The molecule has 2 N–H and O–H groups in total. The number of carbonyl (C=O) groups excluding carboxylic acids is 2. The number of fused-ring (bicyclic) bond motifs is 2. The Hall–Kier alpha value is -3.30. The van der Waals surface area contributed by atoms with E-state index >= 15 is 0 Å². The molecule has 0 saturated carbocycles. The Bertz CT molecular complexity index is 941. The van der Waals surface area contributed by atoms with E-state index in [2.05, 4.69) is 23.3 Å². The van der Waals surface area contributed by atoms with Crippen LogP contribution in [0.5, 0.6) is 0 Å². The highest BCUT2D eigenvalue weighted by Crippen LogP contribution is 2.46. The predicted molar refractivity (Wildman–Crippen MR) is 105 cm³/mol. The maximum atomic E-state index is 12.7. The number of nitrogens with zero attached hydrogens (tertiary/aromatic N) is 1. The van der Waals surface area contributed by atoms with Crippen LogP contribution >= 0.6 is 11.8 Å². The second-order valence-corrected chi connectivity index (χ2v) is 6.79. The molecule has 0 spiro atoms. The van der Waals surface area contributed by atoms with Crippen molar-refractivity contribution >= 4 is 29.1 Å². The van der Waals surface area contributed by atoms with Gasteiger partial charge in [-0.3, -0.25) is 9.59 Å². The summed E-state index contributed by atoms with van der Waals surface area (Å²) >= 11 is 1.62. The second kappa shape index (κ2) is 8.39. The van der Waals surface area contributed by atoms with E-state index in [0.29, 0.717) is 5.57 Å². The molecule has 0 saturated heterocycles. The van der Waals surface area contributed by atoms with Crippen LogP contribution in [0, 0.1) is 11.3 Å². The Morgan fingerprint density at radius 3 is 2.11 bits per heavy atom. The van der Waals surface area contributed by atoms with Gasteiger partial charge >= 0.3 is 0 Å². The minimum atomic E-state index is -0.461. The second-order valence-electron chi connectivity index (χ2n) is 5.71. The summed E-state index contributed by atoms with van der Waals surface area (Å²) in [6.45, 7) is 3.84. The zero-order valence-corrected chi connectivity index (χ0v) is 15.3. The Morgan fingerprint density at radius 1 is 1.00 bits per heavy atom.